The number of nitrogens with zero attached hydrogens (tertiary/aromatic N) is 3. The first-order valence-corrected chi connectivity index (χ1v) is 12.8. The number of hydrogen-bond acceptors (Lipinski definition) is 6. The molecule has 0 unspecified atom stereocenters. The number of carbonyl (C=O) groups is 2. The average Bonchev–Trinajstić information content (AvgIpc) is 3.17. The summed E-state index contributed by atoms with van der Waals surface area (Å²) >= 11 is 0. The summed E-state index contributed by atoms with van der Waals surface area (Å²) in [5.41, 5.74) is 4.93. The van der Waals surface area contributed by atoms with Gasteiger partial charge >= 0.3 is 24.3 Å². The van der Waals surface area contributed by atoms with Crippen molar-refractivity contribution in [2.24, 2.45) is 0 Å². The second kappa shape index (κ2) is 15.2. The third-order valence-electron chi connectivity index (χ3n) is 6.22. The Hall–Kier alpha value is -4.40. The maximum atomic E-state index is 12.0. The quantitative estimate of drug-likeness (QED) is 0.349. The number of aromatic nitrogens is 2. The van der Waals surface area contributed by atoms with E-state index in [0.29, 0.717) is 11.4 Å². The highest BCUT2D eigenvalue weighted by Crippen LogP contribution is 2.19. The Labute approximate surface area is 242 Å². The predicted molar refractivity (Wildman–Crippen MR) is 146 cm³/mol. The molecule has 0 aliphatic carbocycles. The first kappa shape index (κ1) is 34.8. The molecule has 43 heavy (non-hydrogen) atoms. The number of carboxylic acids is 2. The second-order valence-electron chi connectivity index (χ2n) is 9.38. The molecule has 234 valence electrons. The largest absolute Gasteiger partial charge is 0.490 e. The van der Waals surface area contributed by atoms with Gasteiger partial charge in [-0.25, -0.2) is 14.6 Å². The summed E-state index contributed by atoms with van der Waals surface area (Å²) in [5.74, 6) is -4.88. The van der Waals surface area contributed by atoms with E-state index in [4.69, 9.17) is 19.8 Å². The Bertz CT molecular complexity index is 1390. The smallest absolute Gasteiger partial charge is 0.475 e. The summed E-state index contributed by atoms with van der Waals surface area (Å²) in [6.07, 6.45) is -9.00. The molecule has 0 atom stereocenters. The van der Waals surface area contributed by atoms with Crippen LogP contribution >= 0.6 is 0 Å². The third kappa shape index (κ3) is 11.4. The lowest BCUT2D eigenvalue weighted by Crippen LogP contribution is -2.30. The minimum atomic E-state index is -5.08. The SMILES string of the molecule is Cc1nc(-c2ccc(CN3CCCN(c4ccccc4)CC3)cc2)[nH]c(=O)c1C.O=C(O)C(F)(F)F.O=C(O)C(F)(F)F. The van der Waals surface area contributed by atoms with Crippen molar-refractivity contribution >= 4 is 17.6 Å². The molecule has 3 aromatic rings. The number of carboxylic acid groups (broad SMARTS) is 2. The van der Waals surface area contributed by atoms with E-state index in [0.717, 1.165) is 44.0 Å². The number of aliphatic carboxylic acids is 2. The standard InChI is InChI=1S/C24H28N4O.2C2HF3O2/c1-18-19(2)25-23(26-24(18)29)21-11-9-20(10-12-21)17-27-13-6-14-28(16-15-27)22-7-4-3-5-8-22;2*3-2(4,5)1(6)7/h3-5,7-12H,6,13-17H2,1-2H3,(H,25,26,29);2*(H,6,7). The Morgan fingerprint density at radius 1 is 0.837 bits per heavy atom. The van der Waals surface area contributed by atoms with Crippen LogP contribution in [0.25, 0.3) is 11.4 Å². The van der Waals surface area contributed by atoms with Crippen molar-refractivity contribution in [3.8, 4) is 11.4 Å². The number of para-hydroxylation sites is 1. The molecule has 0 spiro atoms. The lowest BCUT2D eigenvalue weighted by atomic mass is 10.1. The van der Waals surface area contributed by atoms with Gasteiger partial charge in [0.1, 0.15) is 5.82 Å². The zero-order valence-corrected chi connectivity index (χ0v) is 23.2. The van der Waals surface area contributed by atoms with Gasteiger partial charge in [0.2, 0.25) is 0 Å². The molecule has 0 radical (unpaired) electrons. The number of rotatable bonds is 4. The lowest BCUT2D eigenvalue weighted by molar-refractivity contribution is -0.193. The van der Waals surface area contributed by atoms with Crippen molar-refractivity contribution in [3.63, 3.8) is 0 Å². The van der Waals surface area contributed by atoms with Crippen molar-refractivity contribution in [1.82, 2.24) is 14.9 Å². The third-order valence-corrected chi connectivity index (χ3v) is 6.22. The number of benzene rings is 2. The lowest BCUT2D eigenvalue weighted by Gasteiger charge is -2.23. The maximum Gasteiger partial charge on any atom is 0.490 e. The van der Waals surface area contributed by atoms with Gasteiger partial charge in [0.15, 0.2) is 0 Å². The Balaban J connectivity index is 0.000000384. The van der Waals surface area contributed by atoms with E-state index in [1.165, 1.54) is 17.7 Å². The summed E-state index contributed by atoms with van der Waals surface area (Å²) in [6, 6.07) is 19.1. The molecule has 0 saturated carbocycles. The molecule has 2 aromatic carbocycles. The fourth-order valence-corrected chi connectivity index (χ4v) is 3.83. The fraction of sp³-hybridized carbons (Fsp3) is 0.357. The molecule has 9 nitrogen and oxygen atoms in total. The van der Waals surface area contributed by atoms with Crippen LogP contribution in [0.3, 0.4) is 0 Å². The minimum absolute atomic E-state index is 0.0656. The van der Waals surface area contributed by atoms with Gasteiger partial charge in [-0.2, -0.15) is 26.3 Å². The van der Waals surface area contributed by atoms with Crippen molar-refractivity contribution < 1.29 is 46.1 Å². The fourth-order valence-electron chi connectivity index (χ4n) is 3.83. The van der Waals surface area contributed by atoms with Gasteiger partial charge in [0.05, 0.1) is 0 Å². The molecule has 0 amide bonds. The van der Waals surface area contributed by atoms with Gasteiger partial charge in [-0.1, -0.05) is 42.5 Å². The molecular weight excluding hydrogens is 586 g/mol. The van der Waals surface area contributed by atoms with Crippen LogP contribution in [0.1, 0.15) is 23.2 Å². The molecule has 1 aromatic heterocycles. The van der Waals surface area contributed by atoms with Crippen molar-refractivity contribution in [2.75, 3.05) is 31.1 Å². The first-order chi connectivity index (χ1) is 20.0. The number of H-pyrrole nitrogens is 1. The number of halogens is 6. The molecular formula is C28H30F6N4O5. The monoisotopic (exact) mass is 616 g/mol. The van der Waals surface area contributed by atoms with Gasteiger partial charge in [-0.3, -0.25) is 9.69 Å². The molecule has 3 N–H and O–H groups in total. The van der Waals surface area contributed by atoms with E-state index in [1.807, 2.05) is 6.92 Å². The van der Waals surface area contributed by atoms with Crippen LogP contribution < -0.4 is 10.5 Å². The van der Waals surface area contributed by atoms with E-state index in [9.17, 15) is 31.1 Å². The number of nitrogens with one attached hydrogen (secondary N) is 1. The molecule has 4 rings (SSSR count). The van der Waals surface area contributed by atoms with E-state index in [2.05, 4.69) is 74.4 Å². The zero-order valence-electron chi connectivity index (χ0n) is 23.2. The highest BCUT2D eigenvalue weighted by atomic mass is 19.4. The van der Waals surface area contributed by atoms with Crippen molar-refractivity contribution in [2.45, 2.75) is 39.2 Å². The van der Waals surface area contributed by atoms with Crippen molar-refractivity contribution in [1.29, 1.82) is 0 Å². The first-order valence-electron chi connectivity index (χ1n) is 12.8. The van der Waals surface area contributed by atoms with Gasteiger partial charge in [-0.15, -0.1) is 0 Å². The molecule has 1 aliphatic rings. The van der Waals surface area contributed by atoms with Crippen LogP contribution in [0.2, 0.25) is 0 Å². The van der Waals surface area contributed by atoms with Gasteiger partial charge in [0.25, 0.3) is 5.56 Å². The van der Waals surface area contributed by atoms with Gasteiger partial charge in [0, 0.05) is 55.2 Å². The van der Waals surface area contributed by atoms with Crippen LogP contribution in [0.5, 0.6) is 0 Å². The molecule has 1 aliphatic heterocycles. The summed E-state index contributed by atoms with van der Waals surface area (Å²) < 4.78 is 63.5. The summed E-state index contributed by atoms with van der Waals surface area (Å²) in [6.45, 7) is 8.94. The maximum absolute atomic E-state index is 12.0. The molecule has 1 saturated heterocycles. The second-order valence-corrected chi connectivity index (χ2v) is 9.38. The predicted octanol–water partition coefficient (Wildman–Crippen LogP) is 5.03. The number of aryl methyl sites for hydroxylation is 1. The van der Waals surface area contributed by atoms with Crippen LogP contribution in [0.15, 0.2) is 59.4 Å². The highest BCUT2D eigenvalue weighted by Gasteiger charge is 2.38. The zero-order chi connectivity index (χ0) is 32.4. The minimum Gasteiger partial charge on any atom is -0.475 e. The van der Waals surface area contributed by atoms with E-state index >= 15 is 0 Å². The summed E-state index contributed by atoms with van der Waals surface area (Å²) in [4.78, 5) is 42.2. The molecule has 0 bridgehead atoms. The Morgan fingerprint density at radius 2 is 1.37 bits per heavy atom. The van der Waals surface area contributed by atoms with E-state index < -0.39 is 24.3 Å². The van der Waals surface area contributed by atoms with Crippen LogP contribution in [-0.4, -0.2) is 75.6 Å². The summed E-state index contributed by atoms with van der Waals surface area (Å²) in [7, 11) is 0. The number of alkyl halides is 6. The topological polar surface area (TPSA) is 127 Å². The van der Waals surface area contributed by atoms with Gasteiger partial charge < -0.3 is 20.1 Å². The van der Waals surface area contributed by atoms with Crippen LogP contribution in [-0.2, 0) is 16.1 Å². The Kier molecular flexibility index (Phi) is 12.3. The average molecular weight is 617 g/mol. The van der Waals surface area contributed by atoms with E-state index in [1.54, 1.807) is 6.92 Å². The van der Waals surface area contributed by atoms with Crippen LogP contribution in [0.4, 0.5) is 32.0 Å². The van der Waals surface area contributed by atoms with Crippen molar-refractivity contribution in [3.05, 3.63) is 81.8 Å². The highest BCUT2D eigenvalue weighted by molar-refractivity contribution is 5.73. The molecule has 15 heteroatoms. The Morgan fingerprint density at radius 3 is 1.86 bits per heavy atom. The van der Waals surface area contributed by atoms with E-state index in [-0.39, 0.29) is 5.56 Å². The number of anilines is 1. The van der Waals surface area contributed by atoms with Crippen LogP contribution in [0, 0.1) is 13.8 Å². The number of hydrogen-bond donors (Lipinski definition) is 3. The normalized spacial score (nSPS) is 14.0. The molecule has 2 heterocycles. The number of aromatic amines is 1. The summed E-state index contributed by atoms with van der Waals surface area (Å²) in [5, 5.41) is 14.2. The molecule has 1 fully saturated rings. The van der Waals surface area contributed by atoms with Gasteiger partial charge in [-0.05, 0) is 38.0 Å².